The van der Waals surface area contributed by atoms with Crippen LogP contribution in [0.5, 0.6) is 0 Å². The Morgan fingerprint density at radius 2 is 2.00 bits per heavy atom. The molecule has 0 aliphatic heterocycles. The average Bonchev–Trinajstić information content (AvgIpc) is 2.95. The van der Waals surface area contributed by atoms with E-state index in [0.717, 1.165) is 11.4 Å². The fourth-order valence-corrected chi connectivity index (χ4v) is 1.95. The van der Waals surface area contributed by atoms with E-state index in [9.17, 15) is 9.18 Å². The number of carbonyl (C=O) groups is 1. The van der Waals surface area contributed by atoms with E-state index in [1.807, 2.05) is 26.1 Å². The molecule has 0 saturated carbocycles. The molecule has 2 rings (SSSR count). The van der Waals surface area contributed by atoms with E-state index in [2.05, 4.69) is 10.4 Å². The highest BCUT2D eigenvalue weighted by Gasteiger charge is 2.16. The van der Waals surface area contributed by atoms with Crippen LogP contribution < -0.4 is 11.1 Å². The second kappa shape index (κ2) is 7.17. The zero-order chi connectivity index (χ0) is 16.1. The zero-order valence-electron chi connectivity index (χ0n) is 12.8. The van der Waals surface area contributed by atoms with Crippen molar-refractivity contribution in [2.24, 2.45) is 11.7 Å². The first-order valence-corrected chi connectivity index (χ1v) is 7.31. The summed E-state index contributed by atoms with van der Waals surface area (Å²) in [5.41, 5.74) is 7.35. The molecule has 3 N–H and O–H groups in total. The lowest BCUT2D eigenvalue weighted by Crippen LogP contribution is -2.39. The molecule has 1 aromatic heterocycles. The van der Waals surface area contributed by atoms with E-state index in [-0.39, 0.29) is 23.7 Å². The Morgan fingerprint density at radius 1 is 1.32 bits per heavy atom. The molecule has 5 nitrogen and oxygen atoms in total. The Kier molecular flexibility index (Phi) is 5.27. The molecule has 6 heteroatoms. The van der Waals surface area contributed by atoms with Crippen molar-refractivity contribution in [3.05, 3.63) is 48.0 Å². The maximum Gasteiger partial charge on any atom is 0.224 e. The van der Waals surface area contributed by atoms with Gasteiger partial charge in [0.15, 0.2) is 0 Å². The van der Waals surface area contributed by atoms with Crippen molar-refractivity contribution >= 4 is 5.91 Å². The summed E-state index contributed by atoms with van der Waals surface area (Å²) in [6, 6.07) is 7.83. The van der Waals surface area contributed by atoms with Crippen LogP contribution in [0.3, 0.4) is 0 Å². The summed E-state index contributed by atoms with van der Waals surface area (Å²) in [7, 11) is 0. The van der Waals surface area contributed by atoms with Crippen molar-refractivity contribution in [1.82, 2.24) is 15.1 Å². The van der Waals surface area contributed by atoms with Gasteiger partial charge in [0.25, 0.3) is 0 Å². The van der Waals surface area contributed by atoms with Crippen molar-refractivity contribution in [1.29, 1.82) is 0 Å². The molecule has 2 atom stereocenters. The minimum absolute atomic E-state index is 0.0482. The number of nitrogens with one attached hydrogen (secondary N) is 1. The SMILES string of the molecule is CC(N)C(C)C(=O)NCCc1ccn(-c2ccc(F)cc2)n1. The van der Waals surface area contributed by atoms with Crippen LogP contribution in [-0.2, 0) is 11.2 Å². The van der Waals surface area contributed by atoms with Crippen LogP contribution in [0.25, 0.3) is 5.69 Å². The van der Waals surface area contributed by atoms with Crippen LogP contribution in [0, 0.1) is 11.7 Å². The van der Waals surface area contributed by atoms with Gasteiger partial charge in [0.05, 0.1) is 11.4 Å². The number of amides is 1. The summed E-state index contributed by atoms with van der Waals surface area (Å²) in [5, 5.41) is 7.26. The van der Waals surface area contributed by atoms with Gasteiger partial charge in [-0.25, -0.2) is 9.07 Å². The van der Waals surface area contributed by atoms with Crippen molar-refractivity contribution in [2.75, 3.05) is 6.54 Å². The number of benzene rings is 1. The third-order valence-corrected chi connectivity index (χ3v) is 3.62. The predicted octanol–water partition coefficient (Wildman–Crippen LogP) is 1.65. The average molecular weight is 304 g/mol. The molecule has 1 heterocycles. The lowest BCUT2D eigenvalue weighted by molar-refractivity contribution is -0.124. The maximum atomic E-state index is 12.9. The Hall–Kier alpha value is -2.21. The second-order valence-electron chi connectivity index (χ2n) is 5.42. The number of carbonyl (C=O) groups excluding carboxylic acids is 1. The zero-order valence-corrected chi connectivity index (χ0v) is 12.8. The van der Waals surface area contributed by atoms with Crippen LogP contribution in [0.1, 0.15) is 19.5 Å². The fourth-order valence-electron chi connectivity index (χ4n) is 1.95. The number of hydrogen-bond donors (Lipinski definition) is 2. The van der Waals surface area contributed by atoms with E-state index in [1.165, 1.54) is 12.1 Å². The fraction of sp³-hybridized carbons (Fsp3) is 0.375. The van der Waals surface area contributed by atoms with E-state index in [4.69, 9.17) is 5.73 Å². The maximum absolute atomic E-state index is 12.9. The molecular weight excluding hydrogens is 283 g/mol. The summed E-state index contributed by atoms with van der Waals surface area (Å²) in [6.45, 7) is 4.13. The highest BCUT2D eigenvalue weighted by Crippen LogP contribution is 2.09. The monoisotopic (exact) mass is 304 g/mol. The second-order valence-corrected chi connectivity index (χ2v) is 5.42. The lowest BCUT2D eigenvalue weighted by atomic mass is 10.0. The quantitative estimate of drug-likeness (QED) is 0.852. The number of hydrogen-bond acceptors (Lipinski definition) is 3. The van der Waals surface area contributed by atoms with E-state index < -0.39 is 0 Å². The molecule has 0 aliphatic carbocycles. The molecule has 2 unspecified atom stereocenters. The van der Waals surface area contributed by atoms with Gasteiger partial charge in [-0.3, -0.25) is 4.79 Å². The lowest BCUT2D eigenvalue weighted by Gasteiger charge is -2.14. The van der Waals surface area contributed by atoms with Gasteiger partial charge in [-0.2, -0.15) is 5.10 Å². The van der Waals surface area contributed by atoms with Crippen LogP contribution in [0.2, 0.25) is 0 Å². The standard InChI is InChI=1S/C16H21FN4O/c1-11(12(2)18)16(22)19-9-7-14-8-10-21(20-14)15-5-3-13(17)4-6-15/h3-6,8,10-12H,7,9,18H2,1-2H3,(H,19,22). The minimum atomic E-state index is -0.276. The number of rotatable bonds is 6. The van der Waals surface area contributed by atoms with Crippen LogP contribution in [0.15, 0.2) is 36.5 Å². The molecule has 22 heavy (non-hydrogen) atoms. The van der Waals surface area contributed by atoms with E-state index in [0.29, 0.717) is 13.0 Å². The van der Waals surface area contributed by atoms with Gasteiger partial charge in [-0.05, 0) is 37.3 Å². The van der Waals surface area contributed by atoms with E-state index >= 15 is 0 Å². The first kappa shape index (κ1) is 16.2. The smallest absolute Gasteiger partial charge is 0.224 e. The topological polar surface area (TPSA) is 72.9 Å². The molecule has 0 saturated heterocycles. The number of nitrogens with two attached hydrogens (primary N) is 1. The summed E-state index contributed by atoms with van der Waals surface area (Å²) in [6.07, 6.45) is 2.45. The third kappa shape index (κ3) is 4.14. The summed E-state index contributed by atoms with van der Waals surface area (Å²) in [5.74, 6) is -0.535. The molecule has 0 spiro atoms. The molecule has 1 amide bonds. The Labute approximate surface area is 129 Å². The first-order valence-electron chi connectivity index (χ1n) is 7.31. The predicted molar refractivity (Wildman–Crippen MR) is 83.0 cm³/mol. The highest BCUT2D eigenvalue weighted by atomic mass is 19.1. The van der Waals surface area contributed by atoms with Crippen LogP contribution in [-0.4, -0.2) is 28.3 Å². The molecule has 1 aromatic carbocycles. The molecular formula is C16H21FN4O. The minimum Gasteiger partial charge on any atom is -0.355 e. The molecule has 118 valence electrons. The van der Waals surface area contributed by atoms with Crippen LogP contribution >= 0.6 is 0 Å². The summed E-state index contributed by atoms with van der Waals surface area (Å²) in [4.78, 5) is 11.8. The summed E-state index contributed by atoms with van der Waals surface area (Å²) >= 11 is 0. The van der Waals surface area contributed by atoms with Crippen molar-refractivity contribution in [3.8, 4) is 5.69 Å². The van der Waals surface area contributed by atoms with Gasteiger partial charge in [-0.1, -0.05) is 6.92 Å². The molecule has 0 aliphatic rings. The third-order valence-electron chi connectivity index (χ3n) is 3.62. The normalized spacial score (nSPS) is 13.6. The molecule has 0 bridgehead atoms. The van der Waals surface area contributed by atoms with Crippen molar-refractivity contribution in [2.45, 2.75) is 26.3 Å². The number of aromatic nitrogens is 2. The van der Waals surface area contributed by atoms with Crippen LogP contribution in [0.4, 0.5) is 4.39 Å². The molecule has 0 fully saturated rings. The van der Waals surface area contributed by atoms with Gasteiger partial charge < -0.3 is 11.1 Å². The Balaban J connectivity index is 1.87. The van der Waals surface area contributed by atoms with Gasteiger partial charge >= 0.3 is 0 Å². The first-order chi connectivity index (χ1) is 10.5. The van der Waals surface area contributed by atoms with Gasteiger partial charge in [-0.15, -0.1) is 0 Å². The Morgan fingerprint density at radius 3 is 2.64 bits per heavy atom. The van der Waals surface area contributed by atoms with Gasteiger partial charge in [0.2, 0.25) is 5.91 Å². The largest absolute Gasteiger partial charge is 0.355 e. The molecule has 0 radical (unpaired) electrons. The van der Waals surface area contributed by atoms with Crippen molar-refractivity contribution < 1.29 is 9.18 Å². The van der Waals surface area contributed by atoms with E-state index in [1.54, 1.807) is 16.8 Å². The summed E-state index contributed by atoms with van der Waals surface area (Å²) < 4.78 is 14.6. The molecule has 2 aromatic rings. The van der Waals surface area contributed by atoms with Gasteiger partial charge in [0.1, 0.15) is 5.82 Å². The van der Waals surface area contributed by atoms with Crippen molar-refractivity contribution in [3.63, 3.8) is 0 Å². The number of nitrogens with zero attached hydrogens (tertiary/aromatic N) is 2. The highest BCUT2D eigenvalue weighted by molar-refractivity contribution is 5.78. The Bertz CT molecular complexity index is 621. The number of halogens is 1. The van der Waals surface area contributed by atoms with Gasteiger partial charge in [0, 0.05) is 31.1 Å².